The molecule has 0 aliphatic heterocycles. The van der Waals surface area contributed by atoms with Gasteiger partial charge >= 0.3 is 0 Å². The third-order valence-corrected chi connectivity index (χ3v) is 3.55. The molecule has 0 radical (unpaired) electrons. The summed E-state index contributed by atoms with van der Waals surface area (Å²) in [5, 5.41) is 22.5. The highest BCUT2D eigenvalue weighted by atomic mass is 16.3. The number of carbonyl (C=O) groups excluding carboxylic acids is 1. The number of aromatic hydroxyl groups is 1. The largest absolute Gasteiger partial charge is 0.508 e. The van der Waals surface area contributed by atoms with E-state index in [2.05, 4.69) is 20.8 Å². The lowest BCUT2D eigenvalue weighted by Crippen LogP contribution is -2.33. The first kappa shape index (κ1) is 16.0. The van der Waals surface area contributed by atoms with Gasteiger partial charge in [0.05, 0.1) is 0 Å². The maximum Gasteiger partial charge on any atom is 0.269 e. The Morgan fingerprint density at radius 2 is 2.14 bits per heavy atom. The average Bonchev–Trinajstić information content (AvgIpc) is 2.96. The highest BCUT2D eigenvalue weighted by Crippen LogP contribution is 2.28. The summed E-state index contributed by atoms with van der Waals surface area (Å²) in [6.07, 6.45) is 1.54. The van der Waals surface area contributed by atoms with Gasteiger partial charge < -0.3 is 15.7 Å². The van der Waals surface area contributed by atoms with Crippen LogP contribution in [0.5, 0.6) is 5.75 Å². The van der Waals surface area contributed by atoms with Crippen LogP contribution in [0.2, 0.25) is 0 Å². The first-order chi connectivity index (χ1) is 10.5. The summed E-state index contributed by atoms with van der Waals surface area (Å²) >= 11 is 0. The number of amides is 1. The molecule has 1 amide bonds. The van der Waals surface area contributed by atoms with Crippen molar-refractivity contribution in [2.75, 3.05) is 13.1 Å². The summed E-state index contributed by atoms with van der Waals surface area (Å²) in [4.78, 5) is 11.7. The molecule has 2 aromatic rings. The number of rotatable bonds is 6. The fourth-order valence-electron chi connectivity index (χ4n) is 2.56. The van der Waals surface area contributed by atoms with Gasteiger partial charge in [-0.3, -0.25) is 9.89 Å². The third kappa shape index (κ3) is 3.85. The maximum atomic E-state index is 11.7. The van der Waals surface area contributed by atoms with E-state index >= 15 is 0 Å². The Morgan fingerprint density at radius 1 is 1.36 bits per heavy atom. The van der Waals surface area contributed by atoms with E-state index in [9.17, 15) is 9.90 Å². The predicted octanol–water partition coefficient (Wildman–Crippen LogP) is 1.81. The minimum absolute atomic E-state index is 0.00431. The first-order valence-corrected chi connectivity index (χ1v) is 7.30. The number of nitrogens with zero attached hydrogens (tertiary/aromatic N) is 1. The molecule has 1 unspecified atom stereocenters. The molecule has 0 aliphatic rings. The van der Waals surface area contributed by atoms with Crippen molar-refractivity contribution >= 4 is 5.91 Å². The topological polar surface area (TPSA) is 90.0 Å². The van der Waals surface area contributed by atoms with Gasteiger partial charge in [-0.05, 0) is 44.0 Å². The minimum Gasteiger partial charge on any atom is -0.508 e. The minimum atomic E-state index is -0.179. The number of hydrogen-bond acceptors (Lipinski definition) is 4. The zero-order chi connectivity index (χ0) is 16.1. The standard InChI is InChI=1S/C16H22N4O2/c1-10-8-11(2)15(14(21)9-10)12(3)17-6-7-18-16(22)13-4-5-19-20-13/h4-5,8-9,12,17,21H,6-7H2,1-3H3,(H,18,22)(H,19,20). The monoisotopic (exact) mass is 302 g/mol. The second kappa shape index (κ2) is 7.09. The molecule has 6 nitrogen and oxygen atoms in total. The van der Waals surface area contributed by atoms with Crippen LogP contribution in [-0.4, -0.2) is 34.3 Å². The molecule has 22 heavy (non-hydrogen) atoms. The van der Waals surface area contributed by atoms with Crippen molar-refractivity contribution in [3.05, 3.63) is 46.8 Å². The summed E-state index contributed by atoms with van der Waals surface area (Å²) < 4.78 is 0. The van der Waals surface area contributed by atoms with Crippen molar-refractivity contribution in [2.24, 2.45) is 0 Å². The maximum absolute atomic E-state index is 11.7. The fourth-order valence-corrected chi connectivity index (χ4v) is 2.56. The number of nitrogens with one attached hydrogen (secondary N) is 3. The lowest BCUT2D eigenvalue weighted by Gasteiger charge is -2.18. The Labute approximate surface area is 129 Å². The Balaban J connectivity index is 1.83. The molecule has 1 atom stereocenters. The van der Waals surface area contributed by atoms with Crippen LogP contribution in [0, 0.1) is 13.8 Å². The highest BCUT2D eigenvalue weighted by Gasteiger charge is 2.13. The van der Waals surface area contributed by atoms with E-state index in [-0.39, 0.29) is 11.9 Å². The average molecular weight is 302 g/mol. The van der Waals surface area contributed by atoms with Gasteiger partial charge in [-0.15, -0.1) is 0 Å². The van der Waals surface area contributed by atoms with E-state index in [1.54, 1.807) is 12.1 Å². The van der Waals surface area contributed by atoms with Crippen molar-refractivity contribution in [1.82, 2.24) is 20.8 Å². The number of aromatic amines is 1. The Kier molecular flexibility index (Phi) is 5.16. The van der Waals surface area contributed by atoms with Crippen molar-refractivity contribution in [2.45, 2.75) is 26.8 Å². The van der Waals surface area contributed by atoms with E-state index in [1.807, 2.05) is 26.8 Å². The number of phenols is 1. The molecule has 0 fully saturated rings. The van der Waals surface area contributed by atoms with Crippen molar-refractivity contribution < 1.29 is 9.90 Å². The van der Waals surface area contributed by atoms with Gasteiger partial charge in [0.2, 0.25) is 0 Å². The zero-order valence-electron chi connectivity index (χ0n) is 13.1. The normalized spacial score (nSPS) is 12.1. The van der Waals surface area contributed by atoms with Crippen LogP contribution in [0.3, 0.4) is 0 Å². The van der Waals surface area contributed by atoms with Crippen LogP contribution in [0.25, 0.3) is 0 Å². The second-order valence-corrected chi connectivity index (χ2v) is 5.42. The summed E-state index contributed by atoms with van der Waals surface area (Å²) in [5.41, 5.74) is 3.43. The third-order valence-electron chi connectivity index (χ3n) is 3.55. The number of hydrogen-bond donors (Lipinski definition) is 4. The fraction of sp³-hybridized carbons (Fsp3) is 0.375. The van der Waals surface area contributed by atoms with E-state index in [0.29, 0.717) is 24.5 Å². The zero-order valence-corrected chi connectivity index (χ0v) is 13.1. The van der Waals surface area contributed by atoms with Gasteiger partial charge in [0, 0.05) is 30.9 Å². The molecule has 118 valence electrons. The number of carbonyl (C=O) groups is 1. The highest BCUT2D eigenvalue weighted by molar-refractivity contribution is 5.92. The molecule has 2 rings (SSSR count). The van der Waals surface area contributed by atoms with Crippen LogP contribution < -0.4 is 10.6 Å². The smallest absolute Gasteiger partial charge is 0.269 e. The molecule has 0 spiro atoms. The molecule has 0 saturated carbocycles. The van der Waals surface area contributed by atoms with Crippen LogP contribution in [0.15, 0.2) is 24.4 Å². The molecule has 4 N–H and O–H groups in total. The van der Waals surface area contributed by atoms with Gasteiger partial charge in [0.15, 0.2) is 0 Å². The SMILES string of the molecule is Cc1cc(C)c(C(C)NCCNC(=O)c2ccn[nH]2)c(O)c1. The van der Waals surface area contributed by atoms with Gasteiger partial charge in [-0.2, -0.15) is 5.10 Å². The lowest BCUT2D eigenvalue weighted by molar-refractivity contribution is 0.0948. The lowest BCUT2D eigenvalue weighted by atomic mass is 9.99. The van der Waals surface area contributed by atoms with E-state index < -0.39 is 0 Å². The molecular weight excluding hydrogens is 280 g/mol. The Hall–Kier alpha value is -2.34. The van der Waals surface area contributed by atoms with E-state index in [0.717, 1.165) is 16.7 Å². The van der Waals surface area contributed by atoms with Gasteiger partial charge in [0.1, 0.15) is 11.4 Å². The van der Waals surface area contributed by atoms with Crippen LogP contribution in [-0.2, 0) is 0 Å². The van der Waals surface area contributed by atoms with Crippen LogP contribution in [0.4, 0.5) is 0 Å². The molecule has 1 heterocycles. The van der Waals surface area contributed by atoms with E-state index in [1.165, 1.54) is 6.20 Å². The van der Waals surface area contributed by atoms with Gasteiger partial charge in [-0.25, -0.2) is 0 Å². The Morgan fingerprint density at radius 3 is 2.77 bits per heavy atom. The van der Waals surface area contributed by atoms with Crippen molar-refractivity contribution in [3.8, 4) is 5.75 Å². The van der Waals surface area contributed by atoms with Crippen molar-refractivity contribution in [3.63, 3.8) is 0 Å². The molecule has 6 heteroatoms. The number of aryl methyl sites for hydroxylation is 2. The molecule has 1 aromatic carbocycles. The molecular formula is C16H22N4O2. The Bertz CT molecular complexity index is 615. The molecule has 0 aliphatic carbocycles. The summed E-state index contributed by atoms with van der Waals surface area (Å²) in [6, 6.07) is 5.44. The van der Waals surface area contributed by atoms with Gasteiger partial charge in [0.25, 0.3) is 5.91 Å². The number of benzene rings is 1. The number of H-pyrrole nitrogens is 1. The number of aromatic nitrogens is 2. The summed E-state index contributed by atoms with van der Waals surface area (Å²) in [6.45, 7) is 7.04. The summed E-state index contributed by atoms with van der Waals surface area (Å²) in [7, 11) is 0. The van der Waals surface area contributed by atoms with E-state index in [4.69, 9.17) is 0 Å². The van der Waals surface area contributed by atoms with Crippen molar-refractivity contribution in [1.29, 1.82) is 0 Å². The number of phenolic OH excluding ortho intramolecular Hbond substituents is 1. The quantitative estimate of drug-likeness (QED) is 0.613. The van der Waals surface area contributed by atoms with Gasteiger partial charge in [-0.1, -0.05) is 6.07 Å². The van der Waals surface area contributed by atoms with Crippen LogP contribution in [0.1, 0.15) is 40.1 Å². The predicted molar refractivity (Wildman–Crippen MR) is 84.9 cm³/mol. The molecule has 0 bridgehead atoms. The molecule has 0 saturated heterocycles. The summed E-state index contributed by atoms with van der Waals surface area (Å²) in [5.74, 6) is 0.125. The van der Waals surface area contributed by atoms with Crippen LogP contribution >= 0.6 is 0 Å². The molecule has 1 aromatic heterocycles. The first-order valence-electron chi connectivity index (χ1n) is 7.30. The second-order valence-electron chi connectivity index (χ2n) is 5.42.